The average molecular weight is 602 g/mol. The number of nitrogens with zero attached hydrogens (tertiary/aromatic N) is 1. The lowest BCUT2D eigenvalue weighted by molar-refractivity contribution is -0.139. The van der Waals surface area contributed by atoms with Crippen molar-refractivity contribution in [1.82, 2.24) is 10.7 Å². The van der Waals surface area contributed by atoms with E-state index in [0.717, 1.165) is 12.8 Å². The van der Waals surface area contributed by atoms with Gasteiger partial charge >= 0.3 is 11.8 Å². The van der Waals surface area contributed by atoms with Gasteiger partial charge in [-0.15, -0.1) is 0 Å². The molecule has 0 spiro atoms. The lowest BCUT2D eigenvalue weighted by Gasteiger charge is -2.14. The van der Waals surface area contributed by atoms with Crippen molar-refractivity contribution in [2.75, 3.05) is 32.2 Å². The Kier molecular flexibility index (Phi) is 10.4. The van der Waals surface area contributed by atoms with Gasteiger partial charge in [-0.3, -0.25) is 14.4 Å². The molecule has 3 N–H and O–H groups in total. The predicted octanol–water partition coefficient (Wildman–Crippen LogP) is 3.53. The summed E-state index contributed by atoms with van der Waals surface area (Å²) >= 11 is 15.4. The van der Waals surface area contributed by atoms with Gasteiger partial charge in [0, 0.05) is 13.2 Å². The Morgan fingerprint density at radius 2 is 2.06 bits per heavy atom. The molecule has 2 aromatic carbocycles. The molecule has 2 aromatic rings. The molecule has 0 aromatic heterocycles. The van der Waals surface area contributed by atoms with Gasteiger partial charge in [0.05, 0.1) is 39.6 Å². The Hall–Kier alpha value is -2.86. The van der Waals surface area contributed by atoms with Gasteiger partial charge in [0.2, 0.25) is 0 Å². The third-order valence-corrected chi connectivity index (χ3v) is 6.33. The van der Waals surface area contributed by atoms with Crippen molar-refractivity contribution in [3.8, 4) is 11.5 Å². The van der Waals surface area contributed by atoms with Crippen LogP contribution in [0.1, 0.15) is 18.4 Å². The summed E-state index contributed by atoms with van der Waals surface area (Å²) in [6, 6.07) is 8.10. The summed E-state index contributed by atoms with van der Waals surface area (Å²) in [5, 5.41) is 9.48. The summed E-state index contributed by atoms with van der Waals surface area (Å²) < 4.78 is 16.8. The molecule has 3 amide bonds. The summed E-state index contributed by atoms with van der Waals surface area (Å²) in [5.41, 5.74) is 3.05. The second-order valence-corrected chi connectivity index (χ2v) is 9.16. The fourth-order valence-electron chi connectivity index (χ4n) is 3.19. The van der Waals surface area contributed by atoms with Crippen LogP contribution >= 0.6 is 39.1 Å². The molecule has 0 aliphatic carbocycles. The minimum atomic E-state index is -0.902. The lowest BCUT2D eigenvalue weighted by Crippen LogP contribution is -2.41. The van der Waals surface area contributed by atoms with Crippen molar-refractivity contribution in [3.63, 3.8) is 0 Å². The van der Waals surface area contributed by atoms with Crippen LogP contribution < -0.4 is 25.5 Å². The SMILES string of the molecule is COc1cc(/C=N\NC(=O)C(=O)NC[C@@H]2CCCO2)cc(Br)c1OCC(=O)Nc1cccc(Cl)c1Cl. The highest BCUT2D eigenvalue weighted by Crippen LogP contribution is 2.36. The number of benzene rings is 2. The summed E-state index contributed by atoms with van der Waals surface area (Å²) in [6.07, 6.45) is 3.04. The highest BCUT2D eigenvalue weighted by atomic mass is 79.9. The van der Waals surface area contributed by atoms with Crippen LogP contribution in [0.5, 0.6) is 11.5 Å². The predicted molar refractivity (Wildman–Crippen MR) is 139 cm³/mol. The zero-order chi connectivity index (χ0) is 26.1. The number of hydrogen-bond acceptors (Lipinski definition) is 7. The van der Waals surface area contributed by atoms with Crippen LogP contribution in [-0.2, 0) is 19.1 Å². The summed E-state index contributed by atoms with van der Waals surface area (Å²) in [4.78, 5) is 36.1. The number of amides is 3. The summed E-state index contributed by atoms with van der Waals surface area (Å²) in [5.74, 6) is -1.58. The Labute approximate surface area is 225 Å². The van der Waals surface area contributed by atoms with E-state index in [1.54, 1.807) is 30.3 Å². The second-order valence-electron chi connectivity index (χ2n) is 7.52. The van der Waals surface area contributed by atoms with E-state index in [9.17, 15) is 14.4 Å². The standard InChI is InChI=1S/C23H23BrCl2N4O6/c1-34-18-9-13(10-28-30-23(33)22(32)27-11-14-4-3-7-35-14)8-15(24)21(18)36-12-19(31)29-17-6-2-5-16(25)20(17)26/h2,5-6,8-10,14H,3-4,7,11-12H2,1H3,(H,27,32)(H,29,31)(H,30,33)/b28-10-/t14-/m0/s1. The van der Waals surface area contributed by atoms with Gasteiger partial charge in [-0.25, -0.2) is 5.43 Å². The van der Waals surface area contributed by atoms with E-state index in [2.05, 4.69) is 37.1 Å². The average Bonchev–Trinajstić information content (AvgIpc) is 3.38. The third kappa shape index (κ3) is 7.82. The zero-order valence-electron chi connectivity index (χ0n) is 19.1. The molecule has 192 valence electrons. The minimum absolute atomic E-state index is 0.0727. The van der Waals surface area contributed by atoms with Crippen LogP contribution in [0.15, 0.2) is 39.9 Å². The van der Waals surface area contributed by atoms with Gasteiger partial charge in [0.25, 0.3) is 5.91 Å². The normalized spacial score (nSPS) is 14.9. The maximum Gasteiger partial charge on any atom is 0.329 e. The molecule has 36 heavy (non-hydrogen) atoms. The number of nitrogens with one attached hydrogen (secondary N) is 3. The Balaban J connectivity index is 1.54. The van der Waals surface area contributed by atoms with Crippen molar-refractivity contribution in [2.24, 2.45) is 5.10 Å². The number of hydrazone groups is 1. The number of carbonyl (C=O) groups excluding carboxylic acids is 3. The number of methoxy groups -OCH3 is 1. The number of hydrogen-bond donors (Lipinski definition) is 3. The molecule has 1 atom stereocenters. The molecule has 0 radical (unpaired) electrons. The maximum atomic E-state index is 12.3. The van der Waals surface area contributed by atoms with Crippen molar-refractivity contribution in [3.05, 3.63) is 50.4 Å². The first-order chi connectivity index (χ1) is 17.3. The van der Waals surface area contributed by atoms with Gasteiger partial charge in [0.15, 0.2) is 18.1 Å². The van der Waals surface area contributed by atoms with Crippen molar-refractivity contribution in [2.45, 2.75) is 18.9 Å². The molecule has 1 heterocycles. The van der Waals surface area contributed by atoms with E-state index < -0.39 is 17.7 Å². The topological polar surface area (TPSA) is 127 Å². The molecule has 13 heteroatoms. The number of ether oxygens (including phenoxy) is 3. The molecule has 0 unspecified atom stereocenters. The minimum Gasteiger partial charge on any atom is -0.493 e. The van der Waals surface area contributed by atoms with Crippen molar-refractivity contribution >= 4 is 68.8 Å². The number of carbonyl (C=O) groups is 3. The largest absolute Gasteiger partial charge is 0.493 e. The van der Waals surface area contributed by atoms with Gasteiger partial charge < -0.3 is 24.8 Å². The van der Waals surface area contributed by atoms with Crippen molar-refractivity contribution in [1.29, 1.82) is 0 Å². The molecule has 0 saturated carbocycles. The first kappa shape index (κ1) is 27.7. The van der Waals surface area contributed by atoms with E-state index in [1.165, 1.54) is 13.3 Å². The molecule has 3 rings (SSSR count). The van der Waals surface area contributed by atoms with E-state index in [0.29, 0.717) is 33.1 Å². The van der Waals surface area contributed by atoms with Crippen molar-refractivity contribution < 1.29 is 28.6 Å². The molecule has 1 aliphatic rings. The van der Waals surface area contributed by atoms with Crippen LogP contribution in [0, 0.1) is 0 Å². The van der Waals surface area contributed by atoms with Gasteiger partial charge in [-0.2, -0.15) is 5.10 Å². The first-order valence-corrected chi connectivity index (χ1v) is 12.3. The van der Waals surface area contributed by atoms with E-state index >= 15 is 0 Å². The molecule has 1 fully saturated rings. The molecule has 1 aliphatic heterocycles. The van der Waals surface area contributed by atoms with Crippen LogP contribution in [0.3, 0.4) is 0 Å². The van der Waals surface area contributed by atoms with Crippen LogP contribution in [0.4, 0.5) is 5.69 Å². The molecular weight excluding hydrogens is 579 g/mol. The van der Waals surface area contributed by atoms with E-state index in [4.69, 9.17) is 37.4 Å². The third-order valence-electron chi connectivity index (χ3n) is 4.93. The second kappa shape index (κ2) is 13.4. The lowest BCUT2D eigenvalue weighted by atomic mass is 10.2. The fourth-order valence-corrected chi connectivity index (χ4v) is 4.11. The first-order valence-electron chi connectivity index (χ1n) is 10.8. The molecule has 0 bridgehead atoms. The molecule has 10 nitrogen and oxygen atoms in total. The smallest absolute Gasteiger partial charge is 0.329 e. The summed E-state index contributed by atoms with van der Waals surface area (Å²) in [7, 11) is 1.43. The fraction of sp³-hybridized carbons (Fsp3) is 0.304. The zero-order valence-corrected chi connectivity index (χ0v) is 22.2. The maximum absolute atomic E-state index is 12.3. The number of halogens is 3. The van der Waals surface area contributed by atoms with Crippen LogP contribution in [-0.4, -0.2) is 56.9 Å². The van der Waals surface area contributed by atoms with Gasteiger partial charge in [-0.05, 0) is 58.6 Å². The summed E-state index contributed by atoms with van der Waals surface area (Å²) in [6.45, 7) is 0.596. The van der Waals surface area contributed by atoms with E-state index in [1.807, 2.05) is 0 Å². The highest BCUT2D eigenvalue weighted by molar-refractivity contribution is 9.10. The van der Waals surface area contributed by atoms with Gasteiger partial charge in [-0.1, -0.05) is 29.3 Å². The quantitative estimate of drug-likeness (QED) is 0.229. The Morgan fingerprint density at radius 1 is 1.25 bits per heavy atom. The molecule has 1 saturated heterocycles. The Bertz CT molecular complexity index is 1160. The van der Waals surface area contributed by atoms with Crippen LogP contribution in [0.25, 0.3) is 0 Å². The number of rotatable bonds is 9. The number of anilines is 1. The molecular formula is C23H23BrCl2N4O6. The van der Waals surface area contributed by atoms with Crippen LogP contribution in [0.2, 0.25) is 10.0 Å². The highest BCUT2D eigenvalue weighted by Gasteiger charge is 2.19. The monoisotopic (exact) mass is 600 g/mol. The Morgan fingerprint density at radius 3 is 2.78 bits per heavy atom. The van der Waals surface area contributed by atoms with Gasteiger partial charge in [0.1, 0.15) is 0 Å². The van der Waals surface area contributed by atoms with E-state index in [-0.39, 0.29) is 30.0 Å².